The second-order valence-electron chi connectivity index (χ2n) is 6.37. The first kappa shape index (κ1) is 20.5. The second kappa shape index (κ2) is 9.20. The molecule has 1 fully saturated rings. The number of methoxy groups -OCH3 is 1. The summed E-state index contributed by atoms with van der Waals surface area (Å²) >= 11 is 0. The number of nitrogens with zero attached hydrogens (tertiary/aromatic N) is 3. The Morgan fingerprint density at radius 3 is 2.67 bits per heavy atom. The van der Waals surface area contributed by atoms with E-state index in [2.05, 4.69) is 5.32 Å². The van der Waals surface area contributed by atoms with E-state index in [1.165, 1.54) is 25.3 Å². The molecule has 1 heterocycles. The number of rotatable bonds is 6. The van der Waals surface area contributed by atoms with Crippen molar-refractivity contribution in [1.29, 1.82) is 0 Å². The van der Waals surface area contributed by atoms with Crippen LogP contribution >= 0.6 is 0 Å². The minimum Gasteiger partial charge on any atom is -0.495 e. The number of nitrogens with one attached hydrogen (secondary N) is 1. The van der Waals surface area contributed by atoms with Crippen LogP contribution in [0.15, 0.2) is 18.2 Å². The zero-order valence-corrected chi connectivity index (χ0v) is 15.9. The van der Waals surface area contributed by atoms with E-state index in [0.29, 0.717) is 38.3 Å². The molecule has 3 amide bonds. The molecule has 0 spiro atoms. The van der Waals surface area contributed by atoms with Crippen molar-refractivity contribution in [3.8, 4) is 5.75 Å². The van der Waals surface area contributed by atoms with Crippen molar-refractivity contribution >= 4 is 23.3 Å². The van der Waals surface area contributed by atoms with Gasteiger partial charge in [0.15, 0.2) is 0 Å². The molecule has 1 aliphatic rings. The highest BCUT2D eigenvalue weighted by atomic mass is 16.6. The van der Waals surface area contributed by atoms with Gasteiger partial charge < -0.3 is 19.9 Å². The number of hydrogen-bond acceptors (Lipinski definition) is 5. The van der Waals surface area contributed by atoms with Crippen LogP contribution < -0.4 is 10.1 Å². The average molecular weight is 378 g/mol. The third-order valence-corrected chi connectivity index (χ3v) is 4.75. The number of ether oxygens (including phenoxy) is 1. The van der Waals surface area contributed by atoms with E-state index in [4.69, 9.17) is 4.74 Å². The number of carbonyl (C=O) groups is 2. The zero-order valence-electron chi connectivity index (χ0n) is 15.9. The fourth-order valence-electron chi connectivity index (χ4n) is 3.20. The lowest BCUT2D eigenvalue weighted by atomic mass is 9.97. The van der Waals surface area contributed by atoms with E-state index in [0.717, 1.165) is 6.42 Å². The lowest BCUT2D eigenvalue weighted by molar-refractivity contribution is -0.384. The molecule has 1 aromatic rings. The lowest BCUT2D eigenvalue weighted by Gasteiger charge is -2.35. The first-order valence-electron chi connectivity index (χ1n) is 9.08. The molecule has 0 aromatic heterocycles. The van der Waals surface area contributed by atoms with E-state index < -0.39 is 4.92 Å². The summed E-state index contributed by atoms with van der Waals surface area (Å²) in [5.74, 6) is -0.297. The number of piperidine rings is 1. The maximum Gasteiger partial charge on any atom is 0.320 e. The van der Waals surface area contributed by atoms with Gasteiger partial charge in [0, 0.05) is 38.3 Å². The summed E-state index contributed by atoms with van der Waals surface area (Å²) in [5, 5.41) is 13.7. The summed E-state index contributed by atoms with van der Waals surface area (Å²) in [4.78, 5) is 39.1. The Morgan fingerprint density at radius 2 is 2.07 bits per heavy atom. The number of likely N-dealkylation sites (tertiary alicyclic amines) is 1. The van der Waals surface area contributed by atoms with Gasteiger partial charge in [0.25, 0.3) is 5.69 Å². The third kappa shape index (κ3) is 4.87. The molecule has 1 aromatic carbocycles. The standard InChI is InChI=1S/C18H26N4O5/c1-4-20(5-2)18(24)21-10-6-7-13(12-21)17(23)19-15-11-14(22(25)26)8-9-16(15)27-3/h8-9,11,13H,4-7,10,12H2,1-3H3,(H,19,23). The van der Waals surface area contributed by atoms with Gasteiger partial charge in [-0.2, -0.15) is 0 Å². The summed E-state index contributed by atoms with van der Waals surface area (Å²) in [6, 6.07) is 3.98. The topological polar surface area (TPSA) is 105 Å². The van der Waals surface area contributed by atoms with E-state index >= 15 is 0 Å². The van der Waals surface area contributed by atoms with Crippen LogP contribution in [0.3, 0.4) is 0 Å². The fourth-order valence-corrected chi connectivity index (χ4v) is 3.20. The maximum absolute atomic E-state index is 12.7. The van der Waals surface area contributed by atoms with E-state index in [1.54, 1.807) is 9.80 Å². The second-order valence-corrected chi connectivity index (χ2v) is 6.37. The van der Waals surface area contributed by atoms with Crippen LogP contribution in [0.1, 0.15) is 26.7 Å². The minimum absolute atomic E-state index is 0.0644. The highest BCUT2D eigenvalue weighted by molar-refractivity contribution is 5.95. The molecule has 1 aliphatic heterocycles. The minimum atomic E-state index is -0.528. The summed E-state index contributed by atoms with van der Waals surface area (Å²) in [6.07, 6.45) is 1.39. The number of urea groups is 1. The smallest absolute Gasteiger partial charge is 0.320 e. The Morgan fingerprint density at radius 1 is 1.37 bits per heavy atom. The van der Waals surface area contributed by atoms with Crippen molar-refractivity contribution in [2.45, 2.75) is 26.7 Å². The fraction of sp³-hybridized carbons (Fsp3) is 0.556. The van der Waals surface area contributed by atoms with Gasteiger partial charge in [0.2, 0.25) is 5.91 Å². The monoisotopic (exact) mass is 378 g/mol. The number of nitro groups is 1. The number of anilines is 1. The Kier molecular flexibility index (Phi) is 6.98. The molecule has 1 atom stereocenters. The van der Waals surface area contributed by atoms with Crippen molar-refractivity contribution in [3.63, 3.8) is 0 Å². The molecular formula is C18H26N4O5. The summed E-state index contributed by atoms with van der Waals surface area (Å²) < 4.78 is 5.18. The van der Waals surface area contributed by atoms with E-state index in [9.17, 15) is 19.7 Å². The third-order valence-electron chi connectivity index (χ3n) is 4.75. The van der Waals surface area contributed by atoms with Crippen molar-refractivity contribution in [3.05, 3.63) is 28.3 Å². The van der Waals surface area contributed by atoms with Crippen LogP contribution in [-0.2, 0) is 4.79 Å². The molecule has 1 saturated heterocycles. The van der Waals surface area contributed by atoms with Gasteiger partial charge >= 0.3 is 6.03 Å². The molecule has 27 heavy (non-hydrogen) atoms. The Bertz CT molecular complexity index is 705. The maximum atomic E-state index is 12.7. The van der Waals surface area contributed by atoms with Crippen molar-refractivity contribution in [2.24, 2.45) is 5.92 Å². The summed E-state index contributed by atoms with van der Waals surface area (Å²) in [6.45, 7) is 6.03. The number of carbonyl (C=O) groups excluding carboxylic acids is 2. The lowest BCUT2D eigenvalue weighted by Crippen LogP contribution is -2.49. The first-order valence-corrected chi connectivity index (χ1v) is 9.08. The highest BCUT2D eigenvalue weighted by Crippen LogP contribution is 2.30. The van der Waals surface area contributed by atoms with Crippen molar-refractivity contribution in [1.82, 2.24) is 9.80 Å². The van der Waals surface area contributed by atoms with Crippen LogP contribution in [0.2, 0.25) is 0 Å². The first-order chi connectivity index (χ1) is 12.9. The number of hydrogen-bond donors (Lipinski definition) is 1. The number of amides is 3. The molecule has 0 aliphatic carbocycles. The predicted molar refractivity (Wildman–Crippen MR) is 101 cm³/mol. The molecule has 0 radical (unpaired) electrons. The molecule has 0 bridgehead atoms. The Balaban J connectivity index is 2.10. The van der Waals surface area contributed by atoms with Crippen molar-refractivity contribution in [2.75, 3.05) is 38.6 Å². The summed E-state index contributed by atoms with van der Waals surface area (Å²) in [7, 11) is 1.43. The van der Waals surface area contributed by atoms with Crippen LogP contribution in [-0.4, -0.2) is 60.0 Å². The number of benzene rings is 1. The van der Waals surface area contributed by atoms with Gasteiger partial charge in [-0.15, -0.1) is 0 Å². The molecule has 148 valence electrons. The normalized spacial score (nSPS) is 16.6. The van der Waals surface area contributed by atoms with Crippen molar-refractivity contribution < 1.29 is 19.2 Å². The number of nitro benzene ring substituents is 1. The Hall–Kier alpha value is -2.84. The van der Waals surface area contributed by atoms with Crippen LogP contribution in [0, 0.1) is 16.0 Å². The van der Waals surface area contributed by atoms with Gasteiger partial charge in [-0.1, -0.05) is 0 Å². The van der Waals surface area contributed by atoms with E-state index in [-0.39, 0.29) is 29.2 Å². The van der Waals surface area contributed by atoms with Gasteiger partial charge in [-0.05, 0) is 32.8 Å². The molecule has 1 unspecified atom stereocenters. The van der Waals surface area contributed by atoms with Crippen LogP contribution in [0.5, 0.6) is 5.75 Å². The molecule has 0 saturated carbocycles. The van der Waals surface area contributed by atoms with E-state index in [1.807, 2.05) is 13.8 Å². The average Bonchev–Trinajstić information content (AvgIpc) is 2.68. The molecule has 9 heteroatoms. The van der Waals surface area contributed by atoms with Gasteiger partial charge in [-0.25, -0.2) is 4.79 Å². The molecular weight excluding hydrogens is 352 g/mol. The van der Waals surface area contributed by atoms with Crippen LogP contribution in [0.4, 0.5) is 16.2 Å². The quantitative estimate of drug-likeness (QED) is 0.605. The van der Waals surface area contributed by atoms with Gasteiger partial charge in [0.1, 0.15) is 5.75 Å². The molecule has 2 rings (SSSR count). The molecule has 1 N–H and O–H groups in total. The Labute approximate surface area is 158 Å². The SMILES string of the molecule is CCN(CC)C(=O)N1CCCC(C(=O)Nc2cc([N+](=O)[O-])ccc2OC)C1. The highest BCUT2D eigenvalue weighted by Gasteiger charge is 2.30. The number of non-ortho nitro benzene ring substituents is 1. The molecule has 9 nitrogen and oxygen atoms in total. The zero-order chi connectivity index (χ0) is 20.0. The van der Waals surface area contributed by atoms with Crippen LogP contribution in [0.25, 0.3) is 0 Å². The predicted octanol–water partition coefficient (Wildman–Crippen LogP) is 2.72. The van der Waals surface area contributed by atoms with Gasteiger partial charge in [-0.3, -0.25) is 14.9 Å². The largest absolute Gasteiger partial charge is 0.495 e. The van der Waals surface area contributed by atoms with Gasteiger partial charge in [0.05, 0.1) is 23.6 Å². The summed E-state index contributed by atoms with van der Waals surface area (Å²) in [5.41, 5.74) is 0.122.